The van der Waals surface area contributed by atoms with Crippen molar-refractivity contribution >= 4 is 10.0 Å². The fourth-order valence-electron chi connectivity index (χ4n) is 4.35. The molecular weight excluding hydrogens is 422 g/mol. The summed E-state index contributed by atoms with van der Waals surface area (Å²) in [4.78, 5) is 2.38. The average molecular weight is 454 g/mol. The number of aromatic nitrogens is 1. The van der Waals surface area contributed by atoms with E-state index in [0.29, 0.717) is 13.0 Å². The Morgan fingerprint density at radius 3 is 2.47 bits per heavy atom. The summed E-state index contributed by atoms with van der Waals surface area (Å²) in [6.45, 7) is 2.07. The molecule has 1 aliphatic rings. The van der Waals surface area contributed by atoms with Crippen LogP contribution in [0.2, 0.25) is 0 Å². The molecule has 1 aliphatic heterocycles. The smallest absolute Gasteiger partial charge is 0.211 e. The molecule has 4 rings (SSSR count). The van der Waals surface area contributed by atoms with E-state index >= 15 is 0 Å². The van der Waals surface area contributed by atoms with E-state index in [9.17, 15) is 8.42 Å². The Labute approximate surface area is 190 Å². The molecule has 0 spiro atoms. The first-order chi connectivity index (χ1) is 15.4. The normalized spacial score (nSPS) is 15.3. The van der Waals surface area contributed by atoms with Gasteiger partial charge in [0.25, 0.3) is 0 Å². The minimum absolute atomic E-state index is 0.0286. The maximum Gasteiger partial charge on any atom is 0.211 e. The SMILES string of the molecule is COc1ccc(CCS(=O)(=O)NCC(c2cccn2C)N2CCc3ccccc3C2)cc1. The summed E-state index contributed by atoms with van der Waals surface area (Å²) < 4.78 is 35.7. The molecule has 6 nitrogen and oxygen atoms in total. The van der Waals surface area contributed by atoms with Gasteiger partial charge in [-0.3, -0.25) is 4.90 Å². The molecule has 0 saturated heterocycles. The van der Waals surface area contributed by atoms with E-state index in [1.807, 2.05) is 43.6 Å². The number of hydrogen-bond donors (Lipinski definition) is 1. The van der Waals surface area contributed by atoms with Gasteiger partial charge in [-0.05, 0) is 53.8 Å². The topological polar surface area (TPSA) is 63.6 Å². The third-order valence-electron chi connectivity index (χ3n) is 6.24. The summed E-state index contributed by atoms with van der Waals surface area (Å²) in [5, 5.41) is 0. The van der Waals surface area contributed by atoms with Gasteiger partial charge in [-0.2, -0.15) is 0 Å². The molecular formula is C25H31N3O3S. The summed E-state index contributed by atoms with van der Waals surface area (Å²) in [6.07, 6.45) is 3.45. The molecule has 1 unspecified atom stereocenters. The number of nitrogens with zero attached hydrogens (tertiary/aromatic N) is 2. The highest BCUT2D eigenvalue weighted by Gasteiger charge is 2.27. The second-order valence-corrected chi connectivity index (χ2v) is 10.2. The molecule has 0 fully saturated rings. The number of hydrogen-bond acceptors (Lipinski definition) is 4. The number of sulfonamides is 1. The van der Waals surface area contributed by atoms with Gasteiger partial charge in [-0.15, -0.1) is 0 Å². The van der Waals surface area contributed by atoms with E-state index in [1.54, 1.807) is 7.11 Å². The number of aryl methyl sites for hydroxylation is 2. The summed E-state index contributed by atoms with van der Waals surface area (Å²) in [7, 11) is 0.220. The van der Waals surface area contributed by atoms with Crippen molar-refractivity contribution in [2.75, 3.05) is 26.0 Å². The molecule has 3 aromatic rings. The van der Waals surface area contributed by atoms with Crippen LogP contribution >= 0.6 is 0 Å². The van der Waals surface area contributed by atoms with Gasteiger partial charge in [0.05, 0.1) is 18.9 Å². The highest BCUT2D eigenvalue weighted by molar-refractivity contribution is 7.89. The highest BCUT2D eigenvalue weighted by atomic mass is 32.2. The van der Waals surface area contributed by atoms with Crippen LogP contribution in [0.25, 0.3) is 0 Å². The van der Waals surface area contributed by atoms with Gasteiger partial charge < -0.3 is 9.30 Å². The lowest BCUT2D eigenvalue weighted by atomic mass is 9.98. The molecule has 0 radical (unpaired) electrons. The number of benzene rings is 2. The maximum absolute atomic E-state index is 12.8. The van der Waals surface area contributed by atoms with E-state index in [1.165, 1.54) is 11.1 Å². The molecule has 0 aliphatic carbocycles. The molecule has 7 heteroatoms. The van der Waals surface area contributed by atoms with Crippen molar-refractivity contribution in [2.24, 2.45) is 7.05 Å². The second-order valence-electron chi connectivity index (χ2n) is 8.31. The van der Waals surface area contributed by atoms with Gasteiger partial charge in [-0.25, -0.2) is 13.1 Å². The Balaban J connectivity index is 1.44. The standard InChI is InChI=1S/C25H31N3O3S/c1-27-15-5-8-24(27)25(28-16-13-21-6-3-4-7-22(21)19-28)18-26-32(29,30)17-14-20-9-11-23(31-2)12-10-20/h3-12,15,25-26H,13-14,16-19H2,1-2H3. The third kappa shape index (κ3) is 5.41. The van der Waals surface area contributed by atoms with Gasteiger partial charge in [0, 0.05) is 38.6 Å². The lowest BCUT2D eigenvalue weighted by molar-refractivity contribution is 0.174. The zero-order valence-electron chi connectivity index (χ0n) is 18.7. The Hall–Kier alpha value is -2.61. The minimum Gasteiger partial charge on any atom is -0.497 e. The Morgan fingerprint density at radius 2 is 1.78 bits per heavy atom. The lowest BCUT2D eigenvalue weighted by Crippen LogP contribution is -2.42. The predicted octanol–water partition coefficient (Wildman–Crippen LogP) is 3.30. The molecule has 170 valence electrons. The van der Waals surface area contributed by atoms with Gasteiger partial charge in [-0.1, -0.05) is 36.4 Å². The van der Waals surface area contributed by atoms with Crippen molar-refractivity contribution in [3.63, 3.8) is 0 Å². The first-order valence-corrected chi connectivity index (χ1v) is 12.6. The van der Waals surface area contributed by atoms with Crippen molar-refractivity contribution < 1.29 is 13.2 Å². The quantitative estimate of drug-likeness (QED) is 0.540. The first kappa shape index (κ1) is 22.6. The van der Waals surface area contributed by atoms with E-state index in [4.69, 9.17) is 4.74 Å². The molecule has 0 bridgehead atoms. The van der Waals surface area contributed by atoms with Gasteiger partial charge >= 0.3 is 0 Å². The van der Waals surface area contributed by atoms with Crippen LogP contribution in [0.15, 0.2) is 66.9 Å². The number of fused-ring (bicyclic) bond motifs is 1. The molecule has 0 amide bonds. The van der Waals surface area contributed by atoms with Crippen molar-refractivity contribution in [3.05, 3.63) is 89.2 Å². The van der Waals surface area contributed by atoms with E-state index in [0.717, 1.165) is 36.5 Å². The van der Waals surface area contributed by atoms with Gasteiger partial charge in [0.15, 0.2) is 0 Å². The molecule has 2 aromatic carbocycles. The van der Waals surface area contributed by atoms with Crippen LogP contribution in [-0.4, -0.2) is 43.8 Å². The first-order valence-electron chi connectivity index (χ1n) is 11.0. The minimum atomic E-state index is -3.41. The third-order valence-corrected chi connectivity index (χ3v) is 7.59. The summed E-state index contributed by atoms with van der Waals surface area (Å²) >= 11 is 0. The molecule has 1 atom stereocenters. The van der Waals surface area contributed by atoms with Crippen LogP contribution in [0.1, 0.15) is 28.4 Å². The molecule has 0 saturated carbocycles. The van der Waals surface area contributed by atoms with E-state index in [2.05, 4.69) is 44.5 Å². The van der Waals surface area contributed by atoms with Crippen LogP contribution in [0.5, 0.6) is 5.75 Å². The summed E-state index contributed by atoms with van der Waals surface area (Å²) in [5.41, 5.74) is 4.79. The fraction of sp³-hybridized carbons (Fsp3) is 0.360. The van der Waals surface area contributed by atoms with E-state index < -0.39 is 10.0 Å². The van der Waals surface area contributed by atoms with Gasteiger partial charge in [0.1, 0.15) is 5.75 Å². The predicted molar refractivity (Wildman–Crippen MR) is 127 cm³/mol. The van der Waals surface area contributed by atoms with Crippen LogP contribution in [-0.2, 0) is 36.5 Å². The number of rotatable bonds is 9. The number of ether oxygens (including phenoxy) is 1. The average Bonchev–Trinajstić information content (AvgIpc) is 3.23. The van der Waals surface area contributed by atoms with Crippen LogP contribution < -0.4 is 9.46 Å². The Morgan fingerprint density at radius 1 is 1.03 bits per heavy atom. The largest absolute Gasteiger partial charge is 0.497 e. The van der Waals surface area contributed by atoms with Crippen molar-refractivity contribution in [1.82, 2.24) is 14.2 Å². The number of methoxy groups -OCH3 is 1. The monoisotopic (exact) mass is 453 g/mol. The molecule has 32 heavy (non-hydrogen) atoms. The maximum atomic E-state index is 12.8. The Kier molecular flexibility index (Phi) is 6.98. The second kappa shape index (κ2) is 9.90. The number of nitrogens with one attached hydrogen (secondary N) is 1. The summed E-state index contributed by atoms with van der Waals surface area (Å²) in [6, 6.07) is 20.1. The molecule has 1 aromatic heterocycles. The highest BCUT2D eigenvalue weighted by Crippen LogP contribution is 2.28. The van der Waals surface area contributed by atoms with Crippen LogP contribution in [0.3, 0.4) is 0 Å². The Bertz CT molecular complexity index is 1140. The fourth-order valence-corrected chi connectivity index (χ4v) is 5.41. The summed E-state index contributed by atoms with van der Waals surface area (Å²) in [5.74, 6) is 0.824. The lowest BCUT2D eigenvalue weighted by Gasteiger charge is -2.36. The zero-order chi connectivity index (χ0) is 22.6. The van der Waals surface area contributed by atoms with Crippen molar-refractivity contribution in [1.29, 1.82) is 0 Å². The van der Waals surface area contributed by atoms with Crippen molar-refractivity contribution in [2.45, 2.75) is 25.4 Å². The van der Waals surface area contributed by atoms with Gasteiger partial charge in [0.2, 0.25) is 10.0 Å². The van der Waals surface area contributed by atoms with Crippen LogP contribution in [0.4, 0.5) is 0 Å². The van der Waals surface area contributed by atoms with E-state index in [-0.39, 0.29) is 11.8 Å². The molecule has 1 N–H and O–H groups in total. The van der Waals surface area contributed by atoms with Crippen LogP contribution in [0, 0.1) is 0 Å². The zero-order valence-corrected chi connectivity index (χ0v) is 19.5. The molecule has 2 heterocycles. The van der Waals surface area contributed by atoms with Crippen molar-refractivity contribution in [3.8, 4) is 5.75 Å².